The summed E-state index contributed by atoms with van der Waals surface area (Å²) in [6.45, 7) is 2.92. The number of benzene rings is 1. The predicted molar refractivity (Wildman–Crippen MR) is 66.0 cm³/mol. The van der Waals surface area contributed by atoms with Gasteiger partial charge in [-0.05, 0) is 31.0 Å². The van der Waals surface area contributed by atoms with Crippen LogP contribution < -0.4 is 5.32 Å². The Labute approximate surface area is 106 Å². The number of carbonyl (C=O) groups is 1. The number of halogens is 1. The molecule has 0 heterocycles. The molecule has 0 spiro atoms. The molecule has 0 aliphatic rings. The van der Waals surface area contributed by atoms with Gasteiger partial charge < -0.3 is 15.2 Å². The summed E-state index contributed by atoms with van der Waals surface area (Å²) in [6, 6.07) is 4.50. The summed E-state index contributed by atoms with van der Waals surface area (Å²) in [4.78, 5) is 11.6. The van der Waals surface area contributed by atoms with Crippen molar-refractivity contribution in [2.75, 3.05) is 26.4 Å². The van der Waals surface area contributed by atoms with Crippen LogP contribution in [0.5, 0.6) is 0 Å². The largest absolute Gasteiger partial charge is 0.394 e. The van der Waals surface area contributed by atoms with Gasteiger partial charge in [-0.2, -0.15) is 0 Å². The van der Waals surface area contributed by atoms with Crippen LogP contribution in [0.2, 0.25) is 0 Å². The second kappa shape index (κ2) is 7.79. The number of amides is 1. The van der Waals surface area contributed by atoms with E-state index < -0.39 is 11.7 Å². The number of aliphatic hydroxyl groups is 1. The maximum atomic E-state index is 13.5. The van der Waals surface area contributed by atoms with Gasteiger partial charge in [-0.15, -0.1) is 0 Å². The Morgan fingerprint density at radius 1 is 1.44 bits per heavy atom. The zero-order chi connectivity index (χ0) is 13.4. The molecule has 1 rings (SSSR count). The fourth-order valence-corrected chi connectivity index (χ4v) is 1.44. The summed E-state index contributed by atoms with van der Waals surface area (Å²) in [5, 5.41) is 11.1. The summed E-state index contributed by atoms with van der Waals surface area (Å²) >= 11 is 0. The van der Waals surface area contributed by atoms with E-state index in [9.17, 15) is 9.18 Å². The standard InChI is InChI=1S/C13H18FNO3/c1-10-3-4-11(12(14)9-10)13(17)15-5-2-7-18-8-6-16/h3-4,9,16H,2,5-8H2,1H3,(H,15,17). The molecule has 0 bridgehead atoms. The third-order valence-electron chi connectivity index (χ3n) is 2.36. The van der Waals surface area contributed by atoms with Gasteiger partial charge in [0.1, 0.15) is 5.82 Å². The van der Waals surface area contributed by atoms with Crippen LogP contribution in [0.25, 0.3) is 0 Å². The van der Waals surface area contributed by atoms with Crippen molar-refractivity contribution < 1.29 is 19.0 Å². The number of aliphatic hydroxyl groups excluding tert-OH is 1. The lowest BCUT2D eigenvalue weighted by Crippen LogP contribution is -2.26. The van der Waals surface area contributed by atoms with Crippen molar-refractivity contribution in [1.82, 2.24) is 5.32 Å². The minimum atomic E-state index is -0.510. The van der Waals surface area contributed by atoms with Gasteiger partial charge in [0.25, 0.3) is 5.91 Å². The van der Waals surface area contributed by atoms with E-state index in [2.05, 4.69) is 5.32 Å². The Balaban J connectivity index is 2.32. The summed E-state index contributed by atoms with van der Waals surface area (Å²) in [6.07, 6.45) is 0.624. The van der Waals surface area contributed by atoms with Crippen molar-refractivity contribution in [3.8, 4) is 0 Å². The lowest BCUT2D eigenvalue weighted by Gasteiger charge is -2.07. The number of hydrogen-bond donors (Lipinski definition) is 2. The Morgan fingerprint density at radius 2 is 2.22 bits per heavy atom. The highest BCUT2D eigenvalue weighted by Gasteiger charge is 2.10. The van der Waals surface area contributed by atoms with Gasteiger partial charge in [-0.1, -0.05) is 6.07 Å². The first-order chi connectivity index (χ1) is 8.65. The smallest absolute Gasteiger partial charge is 0.254 e. The van der Waals surface area contributed by atoms with E-state index in [1.165, 1.54) is 12.1 Å². The van der Waals surface area contributed by atoms with E-state index in [1.807, 2.05) is 0 Å². The third kappa shape index (κ3) is 4.81. The molecule has 0 saturated heterocycles. The molecule has 0 aliphatic carbocycles. The summed E-state index contributed by atoms with van der Waals surface area (Å²) in [5.41, 5.74) is 0.832. The summed E-state index contributed by atoms with van der Waals surface area (Å²) < 4.78 is 18.5. The molecule has 100 valence electrons. The molecule has 1 aromatic carbocycles. The lowest BCUT2D eigenvalue weighted by atomic mass is 10.1. The monoisotopic (exact) mass is 255 g/mol. The Morgan fingerprint density at radius 3 is 2.89 bits per heavy atom. The molecule has 0 aromatic heterocycles. The average molecular weight is 255 g/mol. The van der Waals surface area contributed by atoms with Crippen LogP contribution in [0, 0.1) is 12.7 Å². The second-order valence-electron chi connectivity index (χ2n) is 3.93. The Kier molecular flexibility index (Phi) is 6.32. The third-order valence-corrected chi connectivity index (χ3v) is 2.36. The van der Waals surface area contributed by atoms with Crippen LogP contribution in [0.4, 0.5) is 4.39 Å². The fourth-order valence-electron chi connectivity index (χ4n) is 1.44. The van der Waals surface area contributed by atoms with Gasteiger partial charge in [0, 0.05) is 13.2 Å². The van der Waals surface area contributed by atoms with Crippen LogP contribution in [-0.4, -0.2) is 37.4 Å². The molecule has 18 heavy (non-hydrogen) atoms. The normalized spacial score (nSPS) is 10.4. The van der Waals surface area contributed by atoms with Crippen LogP contribution in [0.3, 0.4) is 0 Å². The van der Waals surface area contributed by atoms with E-state index in [0.717, 1.165) is 5.56 Å². The molecule has 5 heteroatoms. The van der Waals surface area contributed by atoms with Gasteiger partial charge in [-0.3, -0.25) is 4.79 Å². The Bertz CT molecular complexity index is 396. The van der Waals surface area contributed by atoms with E-state index >= 15 is 0 Å². The molecule has 0 fully saturated rings. The number of hydrogen-bond acceptors (Lipinski definition) is 3. The van der Waals surface area contributed by atoms with Crippen LogP contribution in [0.15, 0.2) is 18.2 Å². The minimum absolute atomic E-state index is 0.0130. The van der Waals surface area contributed by atoms with Gasteiger partial charge in [-0.25, -0.2) is 4.39 Å². The first-order valence-electron chi connectivity index (χ1n) is 5.88. The Hall–Kier alpha value is -1.46. The molecule has 4 nitrogen and oxygen atoms in total. The van der Waals surface area contributed by atoms with E-state index in [4.69, 9.17) is 9.84 Å². The van der Waals surface area contributed by atoms with Crippen LogP contribution in [-0.2, 0) is 4.74 Å². The van der Waals surface area contributed by atoms with Crippen molar-refractivity contribution in [1.29, 1.82) is 0 Å². The van der Waals surface area contributed by atoms with E-state index in [0.29, 0.717) is 26.2 Å². The number of carbonyl (C=O) groups excluding carboxylic acids is 1. The van der Waals surface area contributed by atoms with Gasteiger partial charge in [0.05, 0.1) is 18.8 Å². The minimum Gasteiger partial charge on any atom is -0.394 e. The van der Waals surface area contributed by atoms with Crippen LogP contribution in [0.1, 0.15) is 22.3 Å². The molecular formula is C13H18FNO3. The van der Waals surface area contributed by atoms with Gasteiger partial charge in [0.15, 0.2) is 0 Å². The zero-order valence-electron chi connectivity index (χ0n) is 10.4. The van der Waals surface area contributed by atoms with Gasteiger partial charge >= 0.3 is 0 Å². The van der Waals surface area contributed by atoms with Crippen molar-refractivity contribution in [3.05, 3.63) is 35.1 Å². The first-order valence-corrected chi connectivity index (χ1v) is 5.88. The van der Waals surface area contributed by atoms with Crippen molar-refractivity contribution in [2.24, 2.45) is 0 Å². The maximum absolute atomic E-state index is 13.5. The quantitative estimate of drug-likeness (QED) is 0.721. The number of aryl methyl sites for hydroxylation is 1. The van der Waals surface area contributed by atoms with Gasteiger partial charge in [0.2, 0.25) is 0 Å². The molecule has 0 unspecified atom stereocenters. The fraction of sp³-hybridized carbons (Fsp3) is 0.462. The summed E-state index contributed by atoms with van der Waals surface area (Å²) in [7, 11) is 0. The second-order valence-corrected chi connectivity index (χ2v) is 3.93. The SMILES string of the molecule is Cc1ccc(C(=O)NCCCOCCO)c(F)c1. The zero-order valence-corrected chi connectivity index (χ0v) is 10.4. The molecule has 0 radical (unpaired) electrons. The highest BCUT2D eigenvalue weighted by molar-refractivity contribution is 5.94. The molecular weight excluding hydrogens is 237 g/mol. The van der Waals surface area contributed by atoms with Crippen molar-refractivity contribution >= 4 is 5.91 Å². The predicted octanol–water partition coefficient (Wildman–Crippen LogP) is 1.26. The van der Waals surface area contributed by atoms with Crippen molar-refractivity contribution in [3.63, 3.8) is 0 Å². The molecule has 0 atom stereocenters. The average Bonchev–Trinajstić information content (AvgIpc) is 2.33. The maximum Gasteiger partial charge on any atom is 0.254 e. The number of ether oxygens (including phenoxy) is 1. The molecule has 1 aromatic rings. The van der Waals surface area contributed by atoms with E-state index in [1.54, 1.807) is 13.0 Å². The molecule has 0 aliphatic heterocycles. The van der Waals surface area contributed by atoms with E-state index in [-0.39, 0.29) is 12.2 Å². The van der Waals surface area contributed by atoms with Crippen molar-refractivity contribution in [2.45, 2.75) is 13.3 Å². The van der Waals surface area contributed by atoms with Crippen LogP contribution >= 0.6 is 0 Å². The lowest BCUT2D eigenvalue weighted by molar-refractivity contribution is 0.0866. The number of nitrogens with one attached hydrogen (secondary N) is 1. The molecule has 1 amide bonds. The molecule has 2 N–H and O–H groups in total. The topological polar surface area (TPSA) is 58.6 Å². The highest BCUT2D eigenvalue weighted by Crippen LogP contribution is 2.09. The number of rotatable bonds is 7. The highest BCUT2D eigenvalue weighted by atomic mass is 19.1. The first kappa shape index (κ1) is 14.6. The summed E-state index contributed by atoms with van der Waals surface area (Å²) in [5.74, 6) is -0.932. The molecule has 0 saturated carbocycles.